The third-order valence-electron chi connectivity index (χ3n) is 4.18. The predicted octanol–water partition coefficient (Wildman–Crippen LogP) is 5.70. The molecule has 0 aliphatic carbocycles. The lowest BCUT2D eigenvalue weighted by Gasteiger charge is -2.05. The van der Waals surface area contributed by atoms with Crippen LogP contribution in [-0.4, -0.2) is 26.6 Å². The van der Waals surface area contributed by atoms with Crippen molar-refractivity contribution in [1.29, 1.82) is 0 Å². The lowest BCUT2D eigenvalue weighted by molar-refractivity contribution is -0.113. The molecule has 0 bridgehead atoms. The molecule has 29 heavy (non-hydrogen) atoms. The van der Waals surface area contributed by atoms with Crippen molar-refractivity contribution < 1.29 is 4.79 Å². The second-order valence-corrected chi connectivity index (χ2v) is 9.44. The van der Waals surface area contributed by atoms with Gasteiger partial charge in [0.05, 0.1) is 16.0 Å². The SMILES string of the molecule is O=C(CSc1nc2ccccc2s1)Nc1ccc(-c2nc3cccnc3s2)cc1. The zero-order valence-electron chi connectivity index (χ0n) is 15.0. The van der Waals surface area contributed by atoms with Gasteiger partial charge in [-0.15, -0.1) is 11.3 Å². The highest BCUT2D eigenvalue weighted by molar-refractivity contribution is 8.01. The molecule has 5 nitrogen and oxygen atoms in total. The quantitative estimate of drug-likeness (QED) is 0.360. The molecule has 0 saturated heterocycles. The number of pyridine rings is 1. The van der Waals surface area contributed by atoms with Crippen molar-refractivity contribution >= 4 is 66.6 Å². The summed E-state index contributed by atoms with van der Waals surface area (Å²) < 4.78 is 2.04. The van der Waals surface area contributed by atoms with Gasteiger partial charge in [0.2, 0.25) is 5.91 Å². The Hall–Kier alpha value is -2.81. The number of hydrogen-bond acceptors (Lipinski definition) is 7. The van der Waals surface area contributed by atoms with Crippen LogP contribution in [0.2, 0.25) is 0 Å². The Kier molecular flexibility index (Phi) is 4.97. The van der Waals surface area contributed by atoms with Gasteiger partial charge in [-0.25, -0.2) is 15.0 Å². The Morgan fingerprint density at radius 1 is 0.931 bits per heavy atom. The van der Waals surface area contributed by atoms with Gasteiger partial charge in [0.15, 0.2) is 4.34 Å². The van der Waals surface area contributed by atoms with E-state index in [2.05, 4.69) is 20.3 Å². The van der Waals surface area contributed by atoms with E-state index in [1.807, 2.05) is 60.7 Å². The van der Waals surface area contributed by atoms with Crippen molar-refractivity contribution in [2.24, 2.45) is 0 Å². The minimum atomic E-state index is -0.0498. The molecule has 0 unspecified atom stereocenters. The smallest absolute Gasteiger partial charge is 0.234 e. The molecule has 0 radical (unpaired) electrons. The number of carbonyl (C=O) groups is 1. The molecule has 3 heterocycles. The number of hydrogen-bond donors (Lipinski definition) is 1. The molecule has 3 aromatic heterocycles. The van der Waals surface area contributed by atoms with Gasteiger partial charge >= 0.3 is 0 Å². The average Bonchev–Trinajstić information content (AvgIpc) is 3.36. The summed E-state index contributed by atoms with van der Waals surface area (Å²) in [5.41, 5.74) is 3.65. The standard InChI is InChI=1S/C21H14N4OS3/c26-18(12-27-21-25-15-4-1-2-6-17(15)28-21)23-14-9-7-13(8-10-14)19-24-16-5-3-11-22-20(16)29-19/h1-11H,12H2,(H,23,26). The Balaban J connectivity index is 1.22. The van der Waals surface area contributed by atoms with Crippen molar-refractivity contribution in [2.75, 3.05) is 11.1 Å². The number of carbonyl (C=O) groups excluding carboxylic acids is 1. The summed E-state index contributed by atoms with van der Waals surface area (Å²) >= 11 is 4.62. The number of thiazole rings is 2. The number of para-hydroxylation sites is 1. The highest BCUT2D eigenvalue weighted by Crippen LogP contribution is 2.30. The fourth-order valence-electron chi connectivity index (χ4n) is 2.83. The molecule has 0 spiro atoms. The minimum absolute atomic E-state index is 0.0498. The number of rotatable bonds is 5. The van der Waals surface area contributed by atoms with E-state index in [-0.39, 0.29) is 5.91 Å². The van der Waals surface area contributed by atoms with Gasteiger partial charge in [-0.1, -0.05) is 35.2 Å². The van der Waals surface area contributed by atoms with E-state index >= 15 is 0 Å². The molecule has 2 aromatic carbocycles. The van der Waals surface area contributed by atoms with E-state index in [9.17, 15) is 4.79 Å². The van der Waals surface area contributed by atoms with Crippen molar-refractivity contribution in [1.82, 2.24) is 15.0 Å². The van der Waals surface area contributed by atoms with Crippen LogP contribution in [0.5, 0.6) is 0 Å². The van der Waals surface area contributed by atoms with Gasteiger partial charge in [-0.05, 0) is 48.5 Å². The first-order valence-corrected chi connectivity index (χ1v) is 11.5. The van der Waals surface area contributed by atoms with Crippen molar-refractivity contribution in [3.05, 3.63) is 66.9 Å². The molecular weight excluding hydrogens is 420 g/mol. The summed E-state index contributed by atoms with van der Waals surface area (Å²) in [4.78, 5) is 26.7. The van der Waals surface area contributed by atoms with E-state index < -0.39 is 0 Å². The molecule has 0 aliphatic rings. The first-order valence-electron chi connectivity index (χ1n) is 8.85. The monoisotopic (exact) mass is 434 g/mol. The Morgan fingerprint density at radius 3 is 2.59 bits per heavy atom. The van der Waals surface area contributed by atoms with Crippen LogP contribution in [-0.2, 0) is 4.79 Å². The lowest BCUT2D eigenvalue weighted by atomic mass is 10.2. The van der Waals surface area contributed by atoms with Gasteiger partial charge in [-0.3, -0.25) is 4.79 Å². The first kappa shape index (κ1) is 18.2. The number of thioether (sulfide) groups is 1. The largest absolute Gasteiger partial charge is 0.325 e. The highest BCUT2D eigenvalue weighted by Gasteiger charge is 2.10. The Bertz CT molecular complexity index is 1240. The van der Waals surface area contributed by atoms with Crippen LogP contribution in [0.3, 0.4) is 0 Å². The summed E-state index contributed by atoms with van der Waals surface area (Å²) in [5.74, 6) is 0.275. The second-order valence-electron chi connectivity index (χ2n) is 6.21. The third-order valence-corrected chi connectivity index (χ3v) is 7.39. The van der Waals surface area contributed by atoms with Crippen LogP contribution in [0.4, 0.5) is 5.69 Å². The molecule has 8 heteroatoms. The summed E-state index contributed by atoms with van der Waals surface area (Å²) in [6.45, 7) is 0. The fourth-order valence-corrected chi connectivity index (χ4v) is 5.61. The van der Waals surface area contributed by atoms with E-state index in [1.165, 1.54) is 11.8 Å². The highest BCUT2D eigenvalue weighted by atomic mass is 32.2. The van der Waals surface area contributed by atoms with Crippen LogP contribution in [0.1, 0.15) is 0 Å². The van der Waals surface area contributed by atoms with Crippen molar-refractivity contribution in [3.8, 4) is 10.6 Å². The van der Waals surface area contributed by atoms with Crippen LogP contribution >= 0.6 is 34.4 Å². The van der Waals surface area contributed by atoms with Crippen LogP contribution < -0.4 is 5.32 Å². The average molecular weight is 435 g/mol. The number of benzene rings is 2. The number of aromatic nitrogens is 3. The third kappa shape index (κ3) is 4.00. The van der Waals surface area contributed by atoms with Gasteiger partial charge in [0.1, 0.15) is 15.4 Å². The zero-order chi connectivity index (χ0) is 19.6. The molecular formula is C21H14N4OS3. The summed E-state index contributed by atoms with van der Waals surface area (Å²) in [7, 11) is 0. The molecule has 5 aromatic rings. The minimum Gasteiger partial charge on any atom is -0.325 e. The maximum Gasteiger partial charge on any atom is 0.234 e. The summed E-state index contributed by atoms with van der Waals surface area (Å²) in [6.07, 6.45) is 1.77. The second kappa shape index (κ2) is 7.90. The molecule has 142 valence electrons. The molecule has 1 amide bonds. The van der Waals surface area contributed by atoms with E-state index in [4.69, 9.17) is 0 Å². The molecule has 0 fully saturated rings. The van der Waals surface area contributed by atoms with E-state index in [1.54, 1.807) is 28.9 Å². The molecule has 0 saturated carbocycles. The van der Waals surface area contributed by atoms with E-state index in [0.717, 1.165) is 41.2 Å². The van der Waals surface area contributed by atoms with Crippen molar-refractivity contribution in [2.45, 2.75) is 4.34 Å². The van der Waals surface area contributed by atoms with Gasteiger partial charge in [-0.2, -0.15) is 0 Å². The van der Waals surface area contributed by atoms with E-state index in [0.29, 0.717) is 5.75 Å². The Labute approximate surface area is 178 Å². The maximum atomic E-state index is 12.3. The van der Waals surface area contributed by atoms with Crippen molar-refractivity contribution in [3.63, 3.8) is 0 Å². The van der Waals surface area contributed by atoms with Gasteiger partial charge in [0.25, 0.3) is 0 Å². The van der Waals surface area contributed by atoms with Gasteiger partial charge in [0, 0.05) is 17.4 Å². The molecule has 1 N–H and O–H groups in total. The molecule has 0 atom stereocenters. The Morgan fingerprint density at radius 2 is 1.76 bits per heavy atom. The fraction of sp³-hybridized carbons (Fsp3) is 0.0476. The zero-order valence-corrected chi connectivity index (χ0v) is 17.5. The number of nitrogens with one attached hydrogen (secondary N) is 1. The van der Waals surface area contributed by atoms with Crippen LogP contribution in [0, 0.1) is 0 Å². The summed E-state index contributed by atoms with van der Waals surface area (Å²) in [5, 5.41) is 3.86. The lowest BCUT2D eigenvalue weighted by Crippen LogP contribution is -2.13. The normalized spacial score (nSPS) is 11.2. The topological polar surface area (TPSA) is 67.8 Å². The molecule has 5 rings (SSSR count). The summed E-state index contributed by atoms with van der Waals surface area (Å²) in [6, 6.07) is 19.6. The first-order chi connectivity index (χ1) is 14.2. The molecule has 0 aliphatic heterocycles. The number of amides is 1. The number of nitrogens with zero attached hydrogens (tertiary/aromatic N) is 3. The van der Waals surface area contributed by atoms with Gasteiger partial charge < -0.3 is 5.32 Å². The number of anilines is 1. The number of fused-ring (bicyclic) bond motifs is 2. The van der Waals surface area contributed by atoms with Crippen LogP contribution in [0.15, 0.2) is 71.2 Å². The predicted molar refractivity (Wildman–Crippen MR) is 122 cm³/mol. The maximum absolute atomic E-state index is 12.3. The van der Waals surface area contributed by atoms with Crippen LogP contribution in [0.25, 0.3) is 31.1 Å².